The number of aromatic nitrogens is 3. The topological polar surface area (TPSA) is 122 Å². The number of benzene rings is 2. The fourth-order valence-corrected chi connectivity index (χ4v) is 5.69. The number of pyridine rings is 1. The number of nitrogens with one attached hydrogen (secondary N) is 1. The summed E-state index contributed by atoms with van der Waals surface area (Å²) in [6, 6.07) is 10.7. The average Bonchev–Trinajstić information content (AvgIpc) is 3.39. The molecule has 2 aliphatic rings. The number of carbonyl (C=O) groups is 2. The number of aryl methyl sites for hydroxylation is 1. The van der Waals surface area contributed by atoms with Gasteiger partial charge in [-0.05, 0) is 53.6 Å². The maximum Gasteiger partial charge on any atom is 0.256 e. The predicted molar refractivity (Wildman–Crippen MR) is 129 cm³/mol. The van der Waals surface area contributed by atoms with Crippen molar-refractivity contribution in [2.45, 2.75) is 32.0 Å². The number of aromatic amines is 1. The first-order valence-electron chi connectivity index (χ1n) is 11.8. The predicted octanol–water partition coefficient (Wildman–Crippen LogP) is 0.428. The van der Waals surface area contributed by atoms with E-state index in [0.717, 1.165) is 10.9 Å². The Hall–Kier alpha value is -4.24. The minimum absolute atomic E-state index is 0.155. The second kappa shape index (κ2) is 7.89. The van der Waals surface area contributed by atoms with E-state index in [2.05, 4.69) is 4.98 Å². The summed E-state index contributed by atoms with van der Waals surface area (Å²) >= 11 is 0. The van der Waals surface area contributed by atoms with Crippen LogP contribution in [0.3, 0.4) is 0 Å². The number of hydrogen-bond donors (Lipinski definition) is 2. The molecule has 0 saturated carbocycles. The third-order valence-corrected chi connectivity index (χ3v) is 7.35. The van der Waals surface area contributed by atoms with Crippen molar-refractivity contribution in [3.8, 4) is 0 Å². The Labute approximate surface area is 205 Å². The molecule has 4 aromatic rings. The fraction of sp³-hybridized carbons (Fsp3) is 0.259. The summed E-state index contributed by atoms with van der Waals surface area (Å²) in [6.07, 6.45) is 5.33. The van der Waals surface area contributed by atoms with Crippen molar-refractivity contribution in [3.05, 3.63) is 82.3 Å². The number of aliphatic hydroxyl groups excluding tert-OH is 1. The highest BCUT2D eigenvalue weighted by Crippen LogP contribution is 2.47. The number of imidazole rings is 1. The third-order valence-electron chi connectivity index (χ3n) is 7.35. The zero-order chi connectivity index (χ0) is 25.3. The summed E-state index contributed by atoms with van der Waals surface area (Å²) in [5.41, 5.74) is 2.41. The molecule has 1 fully saturated rings. The molecule has 4 heterocycles. The lowest BCUT2D eigenvalue weighted by Crippen LogP contribution is -2.62. The van der Waals surface area contributed by atoms with Crippen LogP contribution in [0.1, 0.15) is 24.5 Å². The highest BCUT2D eigenvalue weighted by molar-refractivity contribution is 6.09. The molecule has 6 rings (SSSR count). The maximum absolute atomic E-state index is 12.9. The van der Waals surface area contributed by atoms with Crippen LogP contribution in [0.4, 0.5) is 0 Å². The van der Waals surface area contributed by atoms with E-state index in [1.807, 2.05) is 59.2 Å². The van der Waals surface area contributed by atoms with E-state index in [1.54, 1.807) is 12.1 Å². The van der Waals surface area contributed by atoms with Gasteiger partial charge in [0.05, 0.1) is 36.8 Å². The molecule has 0 unspecified atom stereocenters. The molecule has 0 bridgehead atoms. The standard InChI is InChI=1S/C27H24N4O5/c1-14(32)23-22-11-19(24(27(35)36)31(22)26(23)34)16-4-6-18-20(10-16)17-5-3-15(9-21(17)28-25(18)33)12-30-8-7-29(2)13-30/h3-10,13-14,22-23,32H,11-12H2,1-2H3,(H-,28,33,35,36)/t14-,22-,23-/m1/s1. The maximum atomic E-state index is 12.9. The number of fused-ring (bicyclic) bond motifs is 4. The number of amides is 1. The van der Waals surface area contributed by atoms with E-state index in [1.165, 1.54) is 11.8 Å². The first-order valence-corrected chi connectivity index (χ1v) is 11.8. The highest BCUT2D eigenvalue weighted by Gasteiger charge is 2.55. The van der Waals surface area contributed by atoms with Gasteiger partial charge in [0.25, 0.3) is 5.56 Å². The number of aliphatic hydroxyl groups is 1. The zero-order valence-corrected chi connectivity index (χ0v) is 19.8. The van der Waals surface area contributed by atoms with Crippen LogP contribution in [0.25, 0.3) is 27.2 Å². The quantitative estimate of drug-likeness (QED) is 0.242. The summed E-state index contributed by atoms with van der Waals surface area (Å²) in [6.45, 7) is 2.18. The summed E-state index contributed by atoms with van der Waals surface area (Å²) in [4.78, 5) is 41.7. The number of hydrogen-bond acceptors (Lipinski definition) is 5. The van der Waals surface area contributed by atoms with Gasteiger partial charge in [-0.3, -0.25) is 9.59 Å². The van der Waals surface area contributed by atoms with Crippen molar-refractivity contribution < 1.29 is 24.4 Å². The van der Waals surface area contributed by atoms with E-state index in [9.17, 15) is 24.6 Å². The Morgan fingerprint density at radius 1 is 1.19 bits per heavy atom. The van der Waals surface area contributed by atoms with Crippen molar-refractivity contribution >= 4 is 39.1 Å². The number of carboxylic acid groups (broad SMARTS) is 1. The normalized spacial score (nSPS) is 20.2. The largest absolute Gasteiger partial charge is 0.543 e. The monoisotopic (exact) mass is 484 g/mol. The number of nitrogens with zero attached hydrogens (tertiary/aromatic N) is 3. The Bertz CT molecular complexity index is 1680. The third kappa shape index (κ3) is 3.27. The van der Waals surface area contributed by atoms with Gasteiger partial charge >= 0.3 is 0 Å². The number of β-lactam (4-membered cyclic amide) rings is 1. The number of carbonyl (C=O) groups excluding carboxylic acids is 2. The molecule has 9 heteroatoms. The molecule has 0 aliphatic carbocycles. The van der Waals surface area contributed by atoms with Crippen LogP contribution in [0.15, 0.2) is 65.6 Å². The Kier molecular flexibility index (Phi) is 4.87. The van der Waals surface area contributed by atoms with Gasteiger partial charge in [0.2, 0.25) is 12.2 Å². The lowest BCUT2D eigenvalue weighted by atomic mass is 9.82. The second-order valence-electron chi connectivity index (χ2n) is 9.71. The van der Waals surface area contributed by atoms with Crippen LogP contribution < -0.4 is 15.2 Å². The minimum Gasteiger partial charge on any atom is -0.543 e. The van der Waals surface area contributed by atoms with E-state index in [-0.39, 0.29) is 11.3 Å². The van der Waals surface area contributed by atoms with Crippen LogP contribution in [0.5, 0.6) is 0 Å². The summed E-state index contributed by atoms with van der Waals surface area (Å²) in [7, 11) is 1.95. The summed E-state index contributed by atoms with van der Waals surface area (Å²) in [5.74, 6) is -2.47. The van der Waals surface area contributed by atoms with Gasteiger partial charge in [-0.1, -0.05) is 18.2 Å². The zero-order valence-electron chi connectivity index (χ0n) is 19.8. The molecule has 0 spiro atoms. The fourth-order valence-electron chi connectivity index (χ4n) is 5.69. The van der Waals surface area contributed by atoms with E-state index >= 15 is 0 Å². The SMILES string of the molecule is C[C@@H](O)[C@H]1C(=O)N2C(C(=O)[O-])=C(c3ccc4c(=O)[nH]c5cc(Cn6cc[n+](C)c6)ccc5c4c3)C[C@H]12. The smallest absolute Gasteiger partial charge is 0.256 e. The van der Waals surface area contributed by atoms with Gasteiger partial charge < -0.3 is 24.9 Å². The highest BCUT2D eigenvalue weighted by atomic mass is 16.4. The molecule has 2 aromatic carbocycles. The van der Waals surface area contributed by atoms with Gasteiger partial charge in [-0.25, -0.2) is 9.13 Å². The van der Waals surface area contributed by atoms with E-state index < -0.39 is 29.9 Å². The van der Waals surface area contributed by atoms with Gasteiger partial charge in [0, 0.05) is 16.3 Å². The Balaban J connectivity index is 1.46. The van der Waals surface area contributed by atoms with Crippen LogP contribution in [-0.4, -0.2) is 43.6 Å². The van der Waals surface area contributed by atoms with Gasteiger partial charge in [0.15, 0.2) is 0 Å². The number of aliphatic carboxylic acids is 1. The van der Waals surface area contributed by atoms with Gasteiger partial charge in [0.1, 0.15) is 18.9 Å². The lowest BCUT2D eigenvalue weighted by Gasteiger charge is -2.45. The molecule has 182 valence electrons. The molecular formula is C27H24N4O5. The molecule has 1 saturated heterocycles. The minimum atomic E-state index is -1.43. The van der Waals surface area contributed by atoms with Crippen molar-refractivity contribution in [1.82, 2.24) is 14.5 Å². The average molecular weight is 485 g/mol. The first kappa shape index (κ1) is 22.2. The van der Waals surface area contributed by atoms with Crippen LogP contribution in [0, 0.1) is 5.92 Å². The summed E-state index contributed by atoms with van der Waals surface area (Å²) < 4.78 is 3.99. The van der Waals surface area contributed by atoms with Gasteiger partial charge in [-0.2, -0.15) is 0 Å². The molecule has 1 amide bonds. The number of carboxylic acids is 1. The van der Waals surface area contributed by atoms with Crippen LogP contribution in [-0.2, 0) is 23.2 Å². The van der Waals surface area contributed by atoms with Crippen LogP contribution >= 0.6 is 0 Å². The molecule has 2 aromatic heterocycles. The molecular weight excluding hydrogens is 460 g/mol. The van der Waals surface area contributed by atoms with Crippen molar-refractivity contribution in [3.63, 3.8) is 0 Å². The summed E-state index contributed by atoms with van der Waals surface area (Å²) in [5, 5.41) is 24.1. The first-order chi connectivity index (χ1) is 17.2. The Morgan fingerprint density at radius 2 is 1.97 bits per heavy atom. The molecule has 2 aliphatic heterocycles. The Morgan fingerprint density at radius 3 is 2.67 bits per heavy atom. The molecule has 2 N–H and O–H groups in total. The molecule has 3 atom stereocenters. The molecule has 9 nitrogen and oxygen atoms in total. The number of H-pyrrole nitrogens is 1. The second-order valence-corrected chi connectivity index (χ2v) is 9.71. The molecule has 0 radical (unpaired) electrons. The van der Waals surface area contributed by atoms with E-state index in [0.29, 0.717) is 40.4 Å². The number of rotatable bonds is 5. The van der Waals surface area contributed by atoms with Crippen LogP contribution in [0.2, 0.25) is 0 Å². The van der Waals surface area contributed by atoms with E-state index in [4.69, 9.17) is 0 Å². The van der Waals surface area contributed by atoms with Gasteiger partial charge in [-0.15, -0.1) is 0 Å². The lowest BCUT2D eigenvalue weighted by molar-refractivity contribution is -0.671. The van der Waals surface area contributed by atoms with Crippen molar-refractivity contribution in [1.29, 1.82) is 0 Å². The van der Waals surface area contributed by atoms with Crippen molar-refractivity contribution in [2.75, 3.05) is 0 Å². The molecule has 36 heavy (non-hydrogen) atoms. The van der Waals surface area contributed by atoms with Crippen molar-refractivity contribution in [2.24, 2.45) is 13.0 Å².